The second-order valence-corrected chi connectivity index (χ2v) is 3.20. The Bertz CT molecular complexity index is 508. The zero-order chi connectivity index (χ0) is 12.4. The summed E-state index contributed by atoms with van der Waals surface area (Å²) in [6.45, 7) is 0. The number of hydrogen-bond donors (Lipinski definition) is 3. The third-order valence-corrected chi connectivity index (χ3v) is 1.91. The van der Waals surface area contributed by atoms with Crippen molar-refractivity contribution in [3.63, 3.8) is 0 Å². The molecule has 0 amide bonds. The Labute approximate surface area is 94.7 Å². The molecule has 88 valence electrons. The van der Waals surface area contributed by atoms with Crippen LogP contribution >= 0.6 is 0 Å². The quantitative estimate of drug-likeness (QED) is 0.649. The van der Waals surface area contributed by atoms with E-state index in [9.17, 15) is 8.78 Å². The first-order valence-electron chi connectivity index (χ1n) is 4.53. The number of hydrogen-bond acceptors (Lipinski definition) is 6. The third-order valence-electron chi connectivity index (χ3n) is 1.91. The average Bonchev–Trinajstić information content (AvgIpc) is 2.55. The van der Waals surface area contributed by atoms with Crippen LogP contribution in [0.3, 0.4) is 0 Å². The summed E-state index contributed by atoms with van der Waals surface area (Å²) in [6.07, 6.45) is 0. The molecule has 8 heteroatoms. The van der Waals surface area contributed by atoms with Gasteiger partial charge in [0.1, 0.15) is 11.6 Å². The zero-order valence-corrected chi connectivity index (χ0v) is 8.48. The van der Waals surface area contributed by atoms with Crippen molar-refractivity contribution in [1.82, 2.24) is 0 Å². The first kappa shape index (κ1) is 11.0. The van der Waals surface area contributed by atoms with E-state index in [4.69, 9.17) is 11.5 Å². The molecule has 17 heavy (non-hydrogen) atoms. The van der Waals surface area contributed by atoms with E-state index in [-0.39, 0.29) is 23.1 Å². The Morgan fingerprint density at radius 3 is 2.06 bits per heavy atom. The Kier molecular flexibility index (Phi) is 2.69. The Morgan fingerprint density at radius 2 is 1.53 bits per heavy atom. The van der Waals surface area contributed by atoms with Crippen LogP contribution in [0.2, 0.25) is 0 Å². The minimum Gasteiger partial charge on any atom is -0.380 e. The number of benzene rings is 1. The molecule has 2 rings (SSSR count). The van der Waals surface area contributed by atoms with Crippen LogP contribution in [0.1, 0.15) is 0 Å². The molecule has 0 atom stereocenters. The normalized spacial score (nSPS) is 14.4. The summed E-state index contributed by atoms with van der Waals surface area (Å²) >= 11 is 0. The van der Waals surface area contributed by atoms with Crippen molar-refractivity contribution in [2.75, 3.05) is 5.43 Å². The van der Waals surface area contributed by atoms with E-state index in [2.05, 4.69) is 20.7 Å². The highest BCUT2D eigenvalue weighted by Gasteiger charge is 2.16. The maximum atomic E-state index is 12.9. The topological polar surface area (TPSA) is 101 Å². The van der Waals surface area contributed by atoms with E-state index < -0.39 is 11.6 Å². The summed E-state index contributed by atoms with van der Waals surface area (Å²) < 4.78 is 25.7. The van der Waals surface area contributed by atoms with Crippen LogP contribution in [-0.2, 0) is 0 Å². The fraction of sp³-hybridized carbons (Fsp3) is 0. The van der Waals surface area contributed by atoms with Gasteiger partial charge in [-0.2, -0.15) is 5.10 Å². The number of hydrazone groups is 1. The molecule has 6 nitrogen and oxygen atoms in total. The van der Waals surface area contributed by atoms with Crippen molar-refractivity contribution in [1.29, 1.82) is 0 Å². The van der Waals surface area contributed by atoms with E-state index in [0.29, 0.717) is 0 Å². The smallest absolute Gasteiger partial charge is 0.177 e. The van der Waals surface area contributed by atoms with Crippen LogP contribution in [-0.4, -0.2) is 17.4 Å². The lowest BCUT2D eigenvalue weighted by molar-refractivity contribution is 0.584. The van der Waals surface area contributed by atoms with Crippen molar-refractivity contribution in [3.8, 4) is 0 Å². The van der Waals surface area contributed by atoms with Crippen LogP contribution < -0.4 is 16.9 Å². The van der Waals surface area contributed by atoms with Crippen LogP contribution in [0.15, 0.2) is 33.5 Å². The van der Waals surface area contributed by atoms with Gasteiger partial charge in [-0.05, 0) is 12.1 Å². The molecule has 0 saturated heterocycles. The van der Waals surface area contributed by atoms with Crippen molar-refractivity contribution in [2.45, 2.75) is 0 Å². The molecule has 1 aliphatic heterocycles. The SMILES string of the molecule is NC1=NN=C(N)C1=NNc1cc(F)cc(F)c1. The van der Waals surface area contributed by atoms with E-state index in [1.807, 2.05) is 0 Å². The molecule has 0 radical (unpaired) electrons. The van der Waals surface area contributed by atoms with Gasteiger partial charge < -0.3 is 11.5 Å². The number of amidine groups is 2. The van der Waals surface area contributed by atoms with Crippen molar-refractivity contribution in [3.05, 3.63) is 29.8 Å². The first-order chi connectivity index (χ1) is 8.06. The van der Waals surface area contributed by atoms with E-state index in [0.717, 1.165) is 18.2 Å². The molecule has 1 heterocycles. The lowest BCUT2D eigenvalue weighted by Gasteiger charge is -2.02. The molecule has 0 unspecified atom stereocenters. The summed E-state index contributed by atoms with van der Waals surface area (Å²) in [4.78, 5) is 0. The maximum Gasteiger partial charge on any atom is 0.177 e. The highest BCUT2D eigenvalue weighted by molar-refractivity contribution is 6.68. The summed E-state index contributed by atoms with van der Waals surface area (Å²) in [5.74, 6) is -1.37. The molecular formula is C9H8F2N6. The second-order valence-electron chi connectivity index (χ2n) is 3.20. The average molecular weight is 238 g/mol. The Hall–Kier alpha value is -2.51. The number of nitrogens with two attached hydrogens (primary N) is 2. The van der Waals surface area contributed by atoms with Crippen LogP contribution in [0.5, 0.6) is 0 Å². The molecular weight excluding hydrogens is 230 g/mol. The number of halogens is 2. The molecule has 0 saturated carbocycles. The molecule has 1 aromatic carbocycles. The van der Waals surface area contributed by atoms with Gasteiger partial charge in [0.15, 0.2) is 17.4 Å². The third kappa shape index (κ3) is 2.36. The fourth-order valence-corrected chi connectivity index (χ4v) is 1.19. The van der Waals surface area contributed by atoms with Gasteiger partial charge in [-0.15, -0.1) is 10.2 Å². The van der Waals surface area contributed by atoms with Gasteiger partial charge >= 0.3 is 0 Å². The largest absolute Gasteiger partial charge is 0.380 e. The van der Waals surface area contributed by atoms with Gasteiger partial charge in [0.05, 0.1) is 5.69 Å². The highest BCUT2D eigenvalue weighted by Crippen LogP contribution is 2.12. The second kappa shape index (κ2) is 4.16. The van der Waals surface area contributed by atoms with Crippen molar-refractivity contribution >= 4 is 23.1 Å². The van der Waals surface area contributed by atoms with E-state index >= 15 is 0 Å². The lowest BCUT2D eigenvalue weighted by Crippen LogP contribution is -2.32. The van der Waals surface area contributed by atoms with Crippen LogP contribution in [0.25, 0.3) is 0 Å². The number of anilines is 1. The summed E-state index contributed by atoms with van der Waals surface area (Å²) in [6, 6.07) is 2.89. The lowest BCUT2D eigenvalue weighted by atomic mass is 10.3. The summed E-state index contributed by atoms with van der Waals surface area (Å²) in [5, 5.41) is 10.7. The van der Waals surface area contributed by atoms with Gasteiger partial charge in [0, 0.05) is 6.07 Å². The highest BCUT2D eigenvalue weighted by atomic mass is 19.1. The molecule has 1 aromatic rings. The zero-order valence-electron chi connectivity index (χ0n) is 8.48. The van der Waals surface area contributed by atoms with Crippen LogP contribution in [0, 0.1) is 11.6 Å². The fourth-order valence-electron chi connectivity index (χ4n) is 1.19. The summed E-state index contributed by atoms with van der Waals surface area (Å²) in [5.41, 5.74) is 13.5. The van der Waals surface area contributed by atoms with Gasteiger partial charge in [-0.1, -0.05) is 0 Å². The standard InChI is InChI=1S/C9H8F2N6/c10-4-1-5(11)3-6(2-4)14-15-7-8(12)16-17-9(7)13/h1-3,14H,(H4,12,13,15,16,17). The van der Waals surface area contributed by atoms with Crippen LogP contribution in [0.4, 0.5) is 14.5 Å². The minimum atomic E-state index is -0.720. The number of rotatable bonds is 2. The Morgan fingerprint density at radius 1 is 1.00 bits per heavy atom. The van der Waals surface area contributed by atoms with Crippen molar-refractivity contribution < 1.29 is 8.78 Å². The Balaban J connectivity index is 2.20. The van der Waals surface area contributed by atoms with Gasteiger partial charge in [-0.3, -0.25) is 5.43 Å². The first-order valence-corrected chi connectivity index (χ1v) is 4.53. The molecule has 0 bridgehead atoms. The van der Waals surface area contributed by atoms with E-state index in [1.54, 1.807) is 0 Å². The van der Waals surface area contributed by atoms with E-state index in [1.165, 1.54) is 0 Å². The van der Waals surface area contributed by atoms with Gasteiger partial charge in [-0.25, -0.2) is 8.78 Å². The summed E-state index contributed by atoms with van der Waals surface area (Å²) in [7, 11) is 0. The molecule has 5 N–H and O–H groups in total. The molecule has 0 fully saturated rings. The predicted octanol–water partition coefficient (Wildman–Crippen LogP) is 0.376. The maximum absolute atomic E-state index is 12.9. The predicted molar refractivity (Wildman–Crippen MR) is 60.7 cm³/mol. The van der Waals surface area contributed by atoms with Crippen molar-refractivity contribution in [2.24, 2.45) is 26.8 Å². The van der Waals surface area contributed by atoms with Gasteiger partial charge in [0.2, 0.25) is 0 Å². The number of nitrogens with one attached hydrogen (secondary N) is 1. The molecule has 0 aromatic heterocycles. The van der Waals surface area contributed by atoms with Gasteiger partial charge in [0.25, 0.3) is 0 Å². The minimum absolute atomic E-state index is 0.0341. The number of nitrogens with zero attached hydrogens (tertiary/aromatic N) is 3. The molecule has 0 spiro atoms. The molecule has 0 aliphatic carbocycles. The monoisotopic (exact) mass is 238 g/mol. The molecule has 1 aliphatic rings.